The van der Waals surface area contributed by atoms with Crippen molar-refractivity contribution in [2.24, 2.45) is 5.92 Å². The highest BCUT2D eigenvalue weighted by Gasteiger charge is 2.60. The van der Waals surface area contributed by atoms with Crippen LogP contribution < -0.4 is 19.4 Å². The Morgan fingerprint density at radius 3 is 2.33 bits per heavy atom. The Hall–Kier alpha value is -5.55. The smallest absolute Gasteiger partial charge is 0.343 e. The van der Waals surface area contributed by atoms with Gasteiger partial charge in [0.2, 0.25) is 5.91 Å². The molecule has 0 spiro atoms. The van der Waals surface area contributed by atoms with Crippen molar-refractivity contribution in [2.75, 3.05) is 17.1 Å². The van der Waals surface area contributed by atoms with Crippen molar-refractivity contribution in [1.82, 2.24) is 0 Å². The average Bonchev–Trinajstić information content (AvgIpc) is 3.53. The van der Waals surface area contributed by atoms with Crippen molar-refractivity contribution in [2.45, 2.75) is 19.1 Å². The molecule has 0 aliphatic carbocycles. The van der Waals surface area contributed by atoms with E-state index in [1.165, 1.54) is 36.4 Å². The van der Waals surface area contributed by atoms with Crippen LogP contribution in [0.2, 0.25) is 0 Å². The number of imide groups is 1. The summed E-state index contributed by atoms with van der Waals surface area (Å²) in [4.78, 5) is 58.6. The first-order chi connectivity index (χ1) is 20.8. The van der Waals surface area contributed by atoms with Gasteiger partial charge in [-0.25, -0.2) is 14.8 Å². The maximum atomic E-state index is 14.0. The molecular weight excluding hydrogens is 554 g/mol. The number of carbonyl (C=O) groups excluding carboxylic acids is 3. The minimum Gasteiger partial charge on any atom is -0.493 e. The third-order valence-electron chi connectivity index (χ3n) is 7.41. The number of methoxy groups -OCH3 is 1. The van der Waals surface area contributed by atoms with Crippen molar-refractivity contribution in [3.63, 3.8) is 0 Å². The molecule has 0 N–H and O–H groups in total. The minimum atomic E-state index is -1.18. The first-order valence-electron chi connectivity index (χ1n) is 13.4. The number of esters is 1. The molecule has 11 heteroatoms. The van der Waals surface area contributed by atoms with Crippen LogP contribution in [0.15, 0.2) is 97.1 Å². The van der Waals surface area contributed by atoms with E-state index in [0.29, 0.717) is 16.8 Å². The molecule has 0 bridgehead atoms. The molecule has 2 fully saturated rings. The summed E-state index contributed by atoms with van der Waals surface area (Å²) in [5, 5.41) is 12.9. The Labute approximate surface area is 245 Å². The van der Waals surface area contributed by atoms with E-state index in [0.717, 1.165) is 10.5 Å². The molecule has 6 rings (SSSR count). The molecule has 0 unspecified atom stereocenters. The maximum Gasteiger partial charge on any atom is 0.343 e. The zero-order valence-corrected chi connectivity index (χ0v) is 23.1. The lowest BCUT2D eigenvalue weighted by atomic mass is 9.90. The fraction of sp³-hybridized carbons (Fsp3) is 0.156. The van der Waals surface area contributed by atoms with Gasteiger partial charge in [-0.3, -0.25) is 24.5 Å². The molecule has 4 aromatic carbocycles. The molecule has 0 saturated carbocycles. The largest absolute Gasteiger partial charge is 0.493 e. The number of anilines is 2. The fourth-order valence-electron chi connectivity index (χ4n) is 5.43. The summed E-state index contributed by atoms with van der Waals surface area (Å²) in [6.07, 6.45) is -1.18. The van der Waals surface area contributed by atoms with Crippen LogP contribution in [0.5, 0.6) is 11.5 Å². The van der Waals surface area contributed by atoms with Gasteiger partial charge in [0, 0.05) is 12.1 Å². The zero-order chi connectivity index (χ0) is 30.2. The van der Waals surface area contributed by atoms with E-state index >= 15 is 0 Å². The van der Waals surface area contributed by atoms with E-state index < -0.39 is 40.8 Å². The van der Waals surface area contributed by atoms with Gasteiger partial charge in [0.05, 0.1) is 35.0 Å². The van der Waals surface area contributed by atoms with Gasteiger partial charge in [-0.15, -0.1) is 0 Å². The van der Waals surface area contributed by atoms with Gasteiger partial charge >= 0.3 is 5.97 Å². The number of nitro groups is 1. The lowest BCUT2D eigenvalue weighted by molar-refractivity contribution is -0.384. The minimum absolute atomic E-state index is 0.146. The molecule has 2 amide bonds. The summed E-state index contributed by atoms with van der Waals surface area (Å²) in [6.45, 7) is 1.86. The van der Waals surface area contributed by atoms with E-state index in [1.54, 1.807) is 66.7 Å². The molecule has 2 aliphatic rings. The van der Waals surface area contributed by atoms with Gasteiger partial charge in [-0.05, 0) is 60.5 Å². The number of aryl methyl sites for hydroxylation is 1. The number of amides is 2. The number of hydrogen-bond acceptors (Lipinski definition) is 9. The number of benzene rings is 4. The highest BCUT2D eigenvalue weighted by atomic mass is 16.7. The van der Waals surface area contributed by atoms with Crippen molar-refractivity contribution >= 4 is 34.8 Å². The summed E-state index contributed by atoms with van der Waals surface area (Å²) >= 11 is 0. The summed E-state index contributed by atoms with van der Waals surface area (Å²) in [6, 6.07) is 25.1. The lowest BCUT2D eigenvalue weighted by Crippen LogP contribution is -2.37. The molecular formula is C32H25N3O8. The fourth-order valence-corrected chi connectivity index (χ4v) is 5.43. The lowest BCUT2D eigenvalue weighted by Gasteiger charge is -2.29. The predicted molar refractivity (Wildman–Crippen MR) is 155 cm³/mol. The van der Waals surface area contributed by atoms with Gasteiger partial charge < -0.3 is 9.47 Å². The van der Waals surface area contributed by atoms with Crippen LogP contribution >= 0.6 is 0 Å². The number of non-ortho nitro benzene ring substituents is 1. The standard InChI is InChI=1S/C32H25N3O8/c1-19-8-6-11-22(16-19)33-30(36)27-28(34(43-29(27)31(33)37)23-12-7-13-24(18-23)35(39)40)21-14-15-25(26(17-21)41-2)42-32(38)20-9-4-3-5-10-20/h3-18,27-29H,1-2H3/t27-,28+,29+/m0/s1. The van der Waals surface area contributed by atoms with E-state index in [-0.39, 0.29) is 22.9 Å². The van der Waals surface area contributed by atoms with E-state index in [4.69, 9.17) is 14.3 Å². The summed E-state index contributed by atoms with van der Waals surface area (Å²) in [5.74, 6) is -2.24. The Kier molecular flexibility index (Phi) is 7.08. The SMILES string of the molecule is COc1cc([C@@H]2[C@@H]3C(=O)N(c4cccc(C)c4)C(=O)[C@@H]3ON2c2cccc([N+](=O)[O-])c2)ccc1OC(=O)c1ccccc1. The van der Waals surface area contributed by atoms with Gasteiger partial charge in [0.15, 0.2) is 17.6 Å². The number of rotatable bonds is 7. The van der Waals surface area contributed by atoms with Crippen LogP contribution in [-0.2, 0) is 14.4 Å². The number of nitro benzene ring substituents is 1. The zero-order valence-electron chi connectivity index (χ0n) is 23.1. The third kappa shape index (κ3) is 4.95. The van der Waals surface area contributed by atoms with Gasteiger partial charge in [0.1, 0.15) is 5.92 Å². The Morgan fingerprint density at radius 2 is 1.60 bits per heavy atom. The monoisotopic (exact) mass is 579 g/mol. The number of hydrogen-bond donors (Lipinski definition) is 0. The number of carbonyl (C=O) groups is 3. The van der Waals surface area contributed by atoms with Crippen LogP contribution in [0.1, 0.15) is 27.5 Å². The van der Waals surface area contributed by atoms with Crippen molar-refractivity contribution in [3.8, 4) is 11.5 Å². The number of hydroxylamine groups is 1. The van der Waals surface area contributed by atoms with Crippen molar-refractivity contribution < 1.29 is 33.6 Å². The molecule has 43 heavy (non-hydrogen) atoms. The van der Waals surface area contributed by atoms with Crippen LogP contribution in [0.3, 0.4) is 0 Å². The van der Waals surface area contributed by atoms with E-state index in [2.05, 4.69) is 0 Å². The first-order valence-corrected chi connectivity index (χ1v) is 13.4. The van der Waals surface area contributed by atoms with Crippen molar-refractivity contribution in [3.05, 3.63) is 124 Å². The highest BCUT2D eigenvalue weighted by molar-refractivity contribution is 6.24. The van der Waals surface area contributed by atoms with Gasteiger partial charge in [-0.2, -0.15) is 0 Å². The average molecular weight is 580 g/mol. The summed E-state index contributed by atoms with van der Waals surface area (Å²) < 4.78 is 11.1. The summed E-state index contributed by atoms with van der Waals surface area (Å²) in [5.41, 5.74) is 2.25. The van der Waals surface area contributed by atoms with E-state index in [1.807, 2.05) is 13.0 Å². The molecule has 4 aromatic rings. The van der Waals surface area contributed by atoms with Gasteiger partial charge in [-0.1, -0.05) is 42.5 Å². The van der Waals surface area contributed by atoms with Gasteiger partial charge in [0.25, 0.3) is 11.6 Å². The highest BCUT2D eigenvalue weighted by Crippen LogP contribution is 2.49. The molecule has 11 nitrogen and oxygen atoms in total. The molecule has 0 aromatic heterocycles. The predicted octanol–water partition coefficient (Wildman–Crippen LogP) is 5.18. The molecule has 2 saturated heterocycles. The first kappa shape index (κ1) is 27.6. The second kappa shape index (κ2) is 11.0. The second-order valence-corrected chi connectivity index (χ2v) is 10.1. The third-order valence-corrected chi connectivity index (χ3v) is 7.41. The summed E-state index contributed by atoms with van der Waals surface area (Å²) in [7, 11) is 1.41. The Bertz CT molecular complexity index is 1760. The van der Waals surface area contributed by atoms with Crippen LogP contribution in [-0.4, -0.2) is 35.9 Å². The van der Waals surface area contributed by atoms with Crippen molar-refractivity contribution in [1.29, 1.82) is 0 Å². The molecule has 2 heterocycles. The maximum absolute atomic E-state index is 14.0. The van der Waals surface area contributed by atoms with Crippen LogP contribution in [0.25, 0.3) is 0 Å². The second-order valence-electron chi connectivity index (χ2n) is 10.1. The quantitative estimate of drug-likeness (QED) is 0.0956. The molecule has 3 atom stereocenters. The van der Waals surface area contributed by atoms with Crippen LogP contribution in [0, 0.1) is 23.0 Å². The number of nitrogens with zero attached hydrogens (tertiary/aromatic N) is 3. The topological polar surface area (TPSA) is 129 Å². The normalized spacial score (nSPS) is 19.3. The number of fused-ring (bicyclic) bond motifs is 1. The molecule has 0 radical (unpaired) electrons. The van der Waals surface area contributed by atoms with Crippen LogP contribution in [0.4, 0.5) is 17.1 Å². The molecule has 2 aliphatic heterocycles. The Morgan fingerprint density at radius 1 is 0.860 bits per heavy atom. The number of ether oxygens (including phenoxy) is 2. The molecule has 216 valence electrons. The van der Waals surface area contributed by atoms with E-state index in [9.17, 15) is 24.5 Å². The Balaban J connectivity index is 1.41.